The number of furan rings is 2. The Morgan fingerprint density at radius 2 is 1.67 bits per heavy atom. The van der Waals surface area contributed by atoms with Gasteiger partial charge in [-0.3, -0.25) is 0 Å². The molecule has 7 heteroatoms. The van der Waals surface area contributed by atoms with Crippen LogP contribution in [0.2, 0.25) is 0 Å². The smallest absolute Gasteiger partial charge is 0.225 e. The van der Waals surface area contributed by atoms with Gasteiger partial charge in [-0.15, -0.1) is 0 Å². The van der Waals surface area contributed by atoms with E-state index in [1.54, 1.807) is 30.7 Å². The highest BCUT2D eigenvalue weighted by Crippen LogP contribution is 2.14. The molecule has 0 saturated heterocycles. The summed E-state index contributed by atoms with van der Waals surface area (Å²) in [5, 5.41) is 5.83. The van der Waals surface area contributed by atoms with Crippen LogP contribution in [0.4, 0.5) is 16.2 Å². The third-order valence-corrected chi connectivity index (χ3v) is 2.76. The van der Waals surface area contributed by atoms with Crippen molar-refractivity contribution < 1.29 is 13.2 Å². The number of hydrogen-bond donors (Lipinski definition) is 2. The molecule has 2 N–H and O–H groups in total. The Morgan fingerprint density at radius 1 is 1.00 bits per heavy atom. The van der Waals surface area contributed by atoms with Gasteiger partial charge in [0.05, 0.1) is 31.8 Å². The van der Waals surface area contributed by atoms with E-state index in [0.29, 0.717) is 24.8 Å². The summed E-state index contributed by atoms with van der Waals surface area (Å²) in [4.78, 5) is 7.96. The standard InChI is InChI=1S/C14H13FN4O2/c15-12-9-18-14(17-8-11-4-2-6-21-11)19-13(12)16-7-10-3-1-5-20-10/h1-6,9H,7-8H2,(H2,16,17,18,19). The summed E-state index contributed by atoms with van der Waals surface area (Å²) in [7, 11) is 0. The van der Waals surface area contributed by atoms with Gasteiger partial charge in [0.1, 0.15) is 11.5 Å². The minimum absolute atomic E-state index is 0.114. The van der Waals surface area contributed by atoms with E-state index in [1.807, 2.05) is 6.07 Å². The largest absolute Gasteiger partial charge is 0.467 e. The van der Waals surface area contributed by atoms with Gasteiger partial charge >= 0.3 is 0 Å². The van der Waals surface area contributed by atoms with E-state index in [1.165, 1.54) is 0 Å². The van der Waals surface area contributed by atoms with Gasteiger partial charge in [0.2, 0.25) is 5.95 Å². The Balaban J connectivity index is 1.64. The normalized spacial score (nSPS) is 10.5. The zero-order valence-electron chi connectivity index (χ0n) is 11.0. The molecule has 3 heterocycles. The van der Waals surface area contributed by atoms with E-state index in [4.69, 9.17) is 8.83 Å². The number of aromatic nitrogens is 2. The maximum atomic E-state index is 13.6. The summed E-state index contributed by atoms with van der Waals surface area (Å²) < 4.78 is 24.0. The third-order valence-electron chi connectivity index (χ3n) is 2.76. The summed E-state index contributed by atoms with van der Waals surface area (Å²) in [5.74, 6) is 1.34. The SMILES string of the molecule is Fc1cnc(NCc2ccco2)nc1NCc1ccco1. The van der Waals surface area contributed by atoms with Crippen LogP contribution in [0.25, 0.3) is 0 Å². The summed E-state index contributed by atoms with van der Waals surface area (Å²) >= 11 is 0. The Labute approximate surface area is 120 Å². The van der Waals surface area contributed by atoms with Gasteiger partial charge in [-0.1, -0.05) is 0 Å². The zero-order valence-corrected chi connectivity index (χ0v) is 11.0. The van der Waals surface area contributed by atoms with Crippen LogP contribution in [0.15, 0.2) is 51.8 Å². The molecule has 0 aliphatic heterocycles. The first kappa shape index (κ1) is 13.2. The minimum atomic E-state index is -0.523. The summed E-state index contributed by atoms with van der Waals surface area (Å²) in [5.41, 5.74) is 0. The molecule has 0 spiro atoms. The van der Waals surface area contributed by atoms with Gasteiger partial charge in [-0.2, -0.15) is 4.98 Å². The molecule has 0 bridgehead atoms. The molecule has 6 nitrogen and oxygen atoms in total. The summed E-state index contributed by atoms with van der Waals surface area (Å²) in [6.45, 7) is 0.773. The van der Waals surface area contributed by atoms with Crippen molar-refractivity contribution in [3.8, 4) is 0 Å². The van der Waals surface area contributed by atoms with Crippen molar-refractivity contribution in [3.05, 3.63) is 60.3 Å². The summed E-state index contributed by atoms with van der Waals surface area (Å²) in [6.07, 6.45) is 4.25. The fourth-order valence-electron chi connectivity index (χ4n) is 1.74. The number of nitrogens with zero attached hydrogens (tertiary/aromatic N) is 2. The van der Waals surface area contributed by atoms with Crippen molar-refractivity contribution in [1.29, 1.82) is 0 Å². The molecule has 0 atom stereocenters. The highest BCUT2D eigenvalue weighted by atomic mass is 19.1. The second-order valence-electron chi connectivity index (χ2n) is 4.26. The van der Waals surface area contributed by atoms with E-state index >= 15 is 0 Å². The maximum Gasteiger partial charge on any atom is 0.225 e. The van der Waals surface area contributed by atoms with Crippen molar-refractivity contribution >= 4 is 11.8 Å². The monoisotopic (exact) mass is 288 g/mol. The van der Waals surface area contributed by atoms with E-state index < -0.39 is 5.82 Å². The van der Waals surface area contributed by atoms with E-state index in [-0.39, 0.29) is 5.82 Å². The van der Waals surface area contributed by atoms with Gasteiger partial charge in [-0.05, 0) is 24.3 Å². The first-order valence-electron chi connectivity index (χ1n) is 6.36. The highest BCUT2D eigenvalue weighted by molar-refractivity contribution is 5.41. The van der Waals surface area contributed by atoms with E-state index in [2.05, 4.69) is 20.6 Å². The van der Waals surface area contributed by atoms with Crippen LogP contribution in [-0.4, -0.2) is 9.97 Å². The fraction of sp³-hybridized carbons (Fsp3) is 0.143. The molecule has 0 radical (unpaired) electrons. The zero-order chi connectivity index (χ0) is 14.5. The van der Waals surface area contributed by atoms with Crippen molar-refractivity contribution in [3.63, 3.8) is 0 Å². The fourth-order valence-corrected chi connectivity index (χ4v) is 1.74. The van der Waals surface area contributed by atoms with Gasteiger partial charge < -0.3 is 19.5 Å². The molecule has 21 heavy (non-hydrogen) atoms. The first-order valence-corrected chi connectivity index (χ1v) is 6.36. The van der Waals surface area contributed by atoms with Gasteiger partial charge in [-0.25, -0.2) is 9.37 Å². The minimum Gasteiger partial charge on any atom is -0.467 e. The molecule has 108 valence electrons. The Kier molecular flexibility index (Phi) is 3.81. The van der Waals surface area contributed by atoms with Gasteiger partial charge in [0.25, 0.3) is 0 Å². The van der Waals surface area contributed by atoms with Crippen LogP contribution in [0.3, 0.4) is 0 Å². The second-order valence-corrected chi connectivity index (χ2v) is 4.26. The molecule has 0 unspecified atom stereocenters. The molecule has 0 amide bonds. The maximum absolute atomic E-state index is 13.6. The molecule has 0 fully saturated rings. The molecule has 0 aliphatic rings. The Hall–Kier alpha value is -2.83. The second kappa shape index (κ2) is 6.08. The lowest BCUT2D eigenvalue weighted by Gasteiger charge is -2.07. The molecule has 3 rings (SSSR count). The Morgan fingerprint density at radius 3 is 2.29 bits per heavy atom. The molecule has 0 aromatic carbocycles. The highest BCUT2D eigenvalue weighted by Gasteiger charge is 2.08. The molecule has 0 saturated carbocycles. The molecule has 3 aromatic rings. The number of anilines is 2. The lowest BCUT2D eigenvalue weighted by Crippen LogP contribution is -2.08. The van der Waals surface area contributed by atoms with Crippen molar-refractivity contribution in [2.45, 2.75) is 13.1 Å². The molecule has 3 aromatic heterocycles. The van der Waals surface area contributed by atoms with E-state index in [9.17, 15) is 4.39 Å². The predicted molar refractivity (Wildman–Crippen MR) is 74.1 cm³/mol. The lowest BCUT2D eigenvalue weighted by molar-refractivity contribution is 0.516. The van der Waals surface area contributed by atoms with Crippen LogP contribution in [0, 0.1) is 5.82 Å². The molecular formula is C14H13FN4O2. The summed E-state index contributed by atoms with van der Waals surface area (Å²) in [6, 6.07) is 7.18. The quantitative estimate of drug-likeness (QED) is 0.726. The number of hydrogen-bond acceptors (Lipinski definition) is 6. The van der Waals surface area contributed by atoms with E-state index in [0.717, 1.165) is 12.0 Å². The van der Waals surface area contributed by atoms with Crippen LogP contribution in [-0.2, 0) is 13.1 Å². The Bertz CT molecular complexity index is 683. The van der Waals surface area contributed by atoms with Crippen LogP contribution < -0.4 is 10.6 Å². The molecule has 0 aliphatic carbocycles. The first-order chi connectivity index (χ1) is 10.3. The van der Waals surface area contributed by atoms with Crippen LogP contribution in [0.5, 0.6) is 0 Å². The average Bonchev–Trinajstić information content (AvgIpc) is 3.18. The van der Waals surface area contributed by atoms with Crippen molar-refractivity contribution in [2.24, 2.45) is 0 Å². The van der Waals surface area contributed by atoms with Crippen LogP contribution >= 0.6 is 0 Å². The number of rotatable bonds is 6. The van der Waals surface area contributed by atoms with Crippen molar-refractivity contribution in [1.82, 2.24) is 9.97 Å². The van der Waals surface area contributed by atoms with Crippen LogP contribution in [0.1, 0.15) is 11.5 Å². The number of halogens is 1. The van der Waals surface area contributed by atoms with Crippen molar-refractivity contribution in [2.75, 3.05) is 10.6 Å². The number of nitrogens with one attached hydrogen (secondary N) is 2. The topological polar surface area (TPSA) is 76.1 Å². The predicted octanol–water partition coefficient (Wildman–Crippen LogP) is 3.03. The lowest BCUT2D eigenvalue weighted by atomic mass is 10.4. The molecular weight excluding hydrogens is 275 g/mol. The van der Waals surface area contributed by atoms with Gasteiger partial charge in [0.15, 0.2) is 11.6 Å². The van der Waals surface area contributed by atoms with Gasteiger partial charge in [0, 0.05) is 0 Å². The average molecular weight is 288 g/mol. The third kappa shape index (κ3) is 3.38.